The van der Waals surface area contributed by atoms with Crippen molar-refractivity contribution in [2.75, 3.05) is 5.01 Å². The molecule has 1 spiro atoms. The van der Waals surface area contributed by atoms with Crippen LogP contribution in [-0.2, 0) is 21.0 Å². The molecule has 2 amide bonds. The number of hydrazine groups is 1. The number of carbonyl (C=O) groups excluding carboxylic acids is 2. The SMILES string of the molecule is C=CC[C@H](NOCc1ccccc1)C(=O)N1[C@H]2C[C@H]3CC[C@]2(C(=O)N1c1ccccc1)C3(C)C. The van der Waals surface area contributed by atoms with Crippen molar-refractivity contribution in [3.05, 3.63) is 78.9 Å². The van der Waals surface area contributed by atoms with Crippen LogP contribution in [-0.4, -0.2) is 28.9 Å². The molecule has 2 aliphatic carbocycles. The fourth-order valence-electron chi connectivity index (χ4n) is 6.58. The average Bonchev–Trinajstić information content (AvgIpc) is 3.37. The van der Waals surface area contributed by atoms with Gasteiger partial charge in [-0.05, 0) is 54.7 Å². The van der Waals surface area contributed by atoms with E-state index < -0.39 is 11.5 Å². The predicted molar refractivity (Wildman–Crippen MR) is 131 cm³/mol. The van der Waals surface area contributed by atoms with Crippen molar-refractivity contribution in [3.8, 4) is 0 Å². The van der Waals surface area contributed by atoms with Gasteiger partial charge in [-0.15, -0.1) is 6.58 Å². The molecule has 178 valence electrons. The summed E-state index contributed by atoms with van der Waals surface area (Å²) < 4.78 is 0. The minimum atomic E-state index is -0.641. The fraction of sp³-hybridized carbons (Fsp3) is 0.429. The Morgan fingerprint density at radius 2 is 1.85 bits per heavy atom. The predicted octanol–water partition coefficient (Wildman–Crippen LogP) is 4.64. The van der Waals surface area contributed by atoms with Gasteiger partial charge in [-0.2, -0.15) is 5.48 Å². The summed E-state index contributed by atoms with van der Waals surface area (Å²) in [6.07, 6.45) is 4.82. The molecular weight excluding hydrogens is 426 g/mol. The Balaban J connectivity index is 1.45. The number of fused-ring (bicyclic) bond motifs is 1. The zero-order chi connectivity index (χ0) is 23.9. The normalized spacial score (nSPS) is 27.6. The van der Waals surface area contributed by atoms with E-state index in [1.165, 1.54) is 0 Å². The van der Waals surface area contributed by atoms with Crippen LogP contribution >= 0.6 is 0 Å². The highest BCUT2D eigenvalue weighted by molar-refractivity contribution is 6.05. The molecule has 5 rings (SSSR count). The van der Waals surface area contributed by atoms with Gasteiger partial charge in [0.05, 0.1) is 23.8 Å². The first kappa shape index (κ1) is 22.8. The number of hydroxylamine groups is 1. The molecule has 34 heavy (non-hydrogen) atoms. The number of hydrogen-bond acceptors (Lipinski definition) is 4. The Morgan fingerprint density at radius 3 is 2.50 bits per heavy atom. The molecule has 2 saturated carbocycles. The highest BCUT2D eigenvalue weighted by Gasteiger charge is 2.75. The van der Waals surface area contributed by atoms with Gasteiger partial charge >= 0.3 is 0 Å². The highest BCUT2D eigenvalue weighted by atomic mass is 16.6. The third-order valence-corrected chi connectivity index (χ3v) is 8.45. The molecule has 2 bridgehead atoms. The number of carbonyl (C=O) groups is 2. The summed E-state index contributed by atoms with van der Waals surface area (Å²) in [5.41, 5.74) is 4.01. The minimum Gasteiger partial charge on any atom is -0.296 e. The van der Waals surface area contributed by atoms with E-state index >= 15 is 0 Å². The number of nitrogens with zero attached hydrogens (tertiary/aromatic N) is 2. The number of anilines is 1. The maximum Gasteiger partial charge on any atom is 0.261 e. The highest BCUT2D eigenvalue weighted by Crippen LogP contribution is 2.70. The lowest BCUT2D eigenvalue weighted by molar-refractivity contribution is -0.141. The minimum absolute atomic E-state index is 0.0459. The van der Waals surface area contributed by atoms with Crippen LogP contribution < -0.4 is 10.5 Å². The van der Waals surface area contributed by atoms with E-state index in [9.17, 15) is 9.59 Å². The van der Waals surface area contributed by atoms with Gasteiger partial charge in [0.25, 0.3) is 11.8 Å². The van der Waals surface area contributed by atoms with Gasteiger partial charge in [0.2, 0.25) is 0 Å². The topological polar surface area (TPSA) is 61.9 Å². The lowest BCUT2D eigenvalue weighted by atomic mass is 9.67. The van der Waals surface area contributed by atoms with Crippen molar-refractivity contribution >= 4 is 17.5 Å². The molecule has 2 aromatic rings. The average molecular weight is 460 g/mol. The lowest BCUT2D eigenvalue weighted by Crippen LogP contribution is -2.54. The van der Waals surface area contributed by atoms with Gasteiger partial charge in [0.15, 0.2) is 0 Å². The van der Waals surface area contributed by atoms with Crippen LogP contribution in [0.25, 0.3) is 0 Å². The molecule has 3 fully saturated rings. The zero-order valence-corrected chi connectivity index (χ0v) is 19.9. The lowest BCUT2D eigenvalue weighted by Gasteiger charge is -2.36. The van der Waals surface area contributed by atoms with E-state index in [2.05, 4.69) is 25.9 Å². The second kappa shape index (κ2) is 8.67. The summed E-state index contributed by atoms with van der Waals surface area (Å²) in [5.74, 6) is 0.329. The summed E-state index contributed by atoms with van der Waals surface area (Å²) in [6, 6.07) is 18.6. The number of amides is 2. The smallest absolute Gasteiger partial charge is 0.261 e. The number of nitrogens with one attached hydrogen (secondary N) is 1. The summed E-state index contributed by atoms with van der Waals surface area (Å²) in [7, 11) is 0. The van der Waals surface area contributed by atoms with E-state index in [1.54, 1.807) is 16.1 Å². The summed E-state index contributed by atoms with van der Waals surface area (Å²) in [5, 5.41) is 3.39. The van der Waals surface area contributed by atoms with E-state index in [4.69, 9.17) is 4.84 Å². The first-order chi connectivity index (χ1) is 16.4. The van der Waals surface area contributed by atoms with Crippen molar-refractivity contribution in [1.29, 1.82) is 0 Å². The van der Waals surface area contributed by atoms with Crippen LogP contribution in [0.15, 0.2) is 73.3 Å². The van der Waals surface area contributed by atoms with Gasteiger partial charge in [-0.3, -0.25) is 14.4 Å². The molecule has 3 aliphatic rings. The van der Waals surface area contributed by atoms with E-state index in [-0.39, 0.29) is 23.3 Å². The van der Waals surface area contributed by atoms with Crippen molar-refractivity contribution in [2.45, 2.75) is 58.2 Å². The van der Waals surface area contributed by atoms with Crippen LogP contribution in [0.5, 0.6) is 0 Å². The van der Waals surface area contributed by atoms with Crippen molar-refractivity contribution < 1.29 is 14.4 Å². The molecule has 6 nitrogen and oxygen atoms in total. The van der Waals surface area contributed by atoms with Crippen molar-refractivity contribution in [1.82, 2.24) is 10.5 Å². The Morgan fingerprint density at radius 1 is 1.18 bits per heavy atom. The van der Waals surface area contributed by atoms with Crippen molar-refractivity contribution in [2.24, 2.45) is 16.7 Å². The summed E-state index contributed by atoms with van der Waals surface area (Å²) in [6.45, 7) is 8.61. The quantitative estimate of drug-likeness (QED) is 0.462. The molecule has 1 aliphatic heterocycles. The number of hydrogen-bond donors (Lipinski definition) is 1. The second-order valence-corrected chi connectivity index (χ2v) is 10.3. The number of para-hydroxylation sites is 1. The zero-order valence-electron chi connectivity index (χ0n) is 19.9. The molecular formula is C28H33N3O3. The maximum atomic E-state index is 14.1. The fourth-order valence-corrected chi connectivity index (χ4v) is 6.58. The Hall–Kier alpha value is -2.96. The third-order valence-electron chi connectivity index (χ3n) is 8.45. The second-order valence-electron chi connectivity index (χ2n) is 10.3. The van der Waals surface area contributed by atoms with Crippen LogP contribution in [0.1, 0.15) is 45.1 Å². The molecule has 6 heteroatoms. The Labute approximate surface area is 201 Å². The Bertz CT molecular complexity index is 1070. The molecule has 1 N–H and O–H groups in total. The molecule has 2 aromatic carbocycles. The Kier molecular flexibility index (Phi) is 5.82. The van der Waals surface area contributed by atoms with Gasteiger partial charge in [-0.25, -0.2) is 10.0 Å². The molecule has 1 saturated heterocycles. The van der Waals surface area contributed by atoms with Gasteiger partial charge in [-0.1, -0.05) is 68.5 Å². The first-order valence-electron chi connectivity index (χ1n) is 12.2. The van der Waals surface area contributed by atoms with Crippen molar-refractivity contribution in [3.63, 3.8) is 0 Å². The maximum absolute atomic E-state index is 14.1. The van der Waals surface area contributed by atoms with Gasteiger partial charge in [0, 0.05) is 0 Å². The van der Waals surface area contributed by atoms with Crippen LogP contribution in [0.2, 0.25) is 0 Å². The van der Waals surface area contributed by atoms with Crippen LogP contribution in [0, 0.1) is 16.7 Å². The molecule has 1 heterocycles. The summed E-state index contributed by atoms with van der Waals surface area (Å²) in [4.78, 5) is 34.0. The monoisotopic (exact) mass is 459 g/mol. The molecule has 0 unspecified atom stereocenters. The van der Waals surface area contributed by atoms with E-state index in [0.29, 0.717) is 18.9 Å². The molecule has 0 radical (unpaired) electrons. The summed E-state index contributed by atoms with van der Waals surface area (Å²) >= 11 is 0. The standard InChI is InChI=1S/C28H33N3O3/c1-4-11-23(29-34-19-20-12-7-5-8-13-20)25(32)31-24-18-21-16-17-28(24,27(21,2)3)26(33)30(31)22-14-9-6-10-15-22/h4-10,12-15,21,23-24,29H,1,11,16-19H2,2-3H3/t21-,23+,24+,28+/m1/s1. The first-order valence-corrected chi connectivity index (χ1v) is 12.2. The molecule has 0 aromatic heterocycles. The largest absolute Gasteiger partial charge is 0.296 e. The third kappa shape index (κ3) is 3.31. The van der Waals surface area contributed by atoms with Crippen LogP contribution in [0.4, 0.5) is 5.69 Å². The molecule has 4 atom stereocenters. The van der Waals surface area contributed by atoms with Gasteiger partial charge in [0.1, 0.15) is 6.04 Å². The number of benzene rings is 2. The van der Waals surface area contributed by atoms with E-state index in [1.807, 2.05) is 60.7 Å². The van der Waals surface area contributed by atoms with E-state index in [0.717, 1.165) is 30.5 Å². The number of rotatable bonds is 8. The van der Waals surface area contributed by atoms with Gasteiger partial charge < -0.3 is 0 Å². The van der Waals surface area contributed by atoms with Crippen LogP contribution in [0.3, 0.4) is 0 Å².